The fourth-order valence-electron chi connectivity index (χ4n) is 1.91. The van der Waals surface area contributed by atoms with Crippen LogP contribution in [-0.2, 0) is 9.53 Å². The largest absolute Gasteiger partial charge is 0.449 e. The van der Waals surface area contributed by atoms with Crippen LogP contribution < -0.4 is 5.32 Å². The van der Waals surface area contributed by atoms with Gasteiger partial charge in [0.2, 0.25) is 0 Å². The van der Waals surface area contributed by atoms with Gasteiger partial charge >= 0.3 is 5.97 Å². The molecule has 0 fully saturated rings. The van der Waals surface area contributed by atoms with Crippen LogP contribution in [0.2, 0.25) is 0 Å². The first-order chi connectivity index (χ1) is 12.3. The molecule has 2 aromatic carbocycles. The van der Waals surface area contributed by atoms with Gasteiger partial charge in [0.15, 0.2) is 6.10 Å². The second kappa shape index (κ2) is 7.83. The molecule has 0 saturated carbocycles. The molecule has 0 saturated heterocycles. The van der Waals surface area contributed by atoms with Gasteiger partial charge in [0.1, 0.15) is 0 Å². The smallest absolute Gasteiger partial charge is 0.338 e. The molecule has 0 heterocycles. The lowest BCUT2D eigenvalue weighted by Gasteiger charge is -2.13. The highest BCUT2D eigenvalue weighted by molar-refractivity contribution is 5.97. The number of ether oxygens (including phenoxy) is 1. The Morgan fingerprint density at radius 1 is 0.923 bits per heavy atom. The molecule has 10 heteroatoms. The molecule has 10 nitrogen and oxygen atoms in total. The Morgan fingerprint density at radius 3 is 1.85 bits per heavy atom. The summed E-state index contributed by atoms with van der Waals surface area (Å²) in [6, 6.07) is 9.90. The average Bonchev–Trinajstić information content (AvgIpc) is 2.62. The van der Waals surface area contributed by atoms with Crippen molar-refractivity contribution in [1.82, 2.24) is 0 Å². The quantitative estimate of drug-likeness (QED) is 0.474. The number of hydrogen-bond acceptors (Lipinski definition) is 7. The fraction of sp³-hybridized carbons (Fsp3) is 0.125. The zero-order valence-electron chi connectivity index (χ0n) is 13.4. The number of benzene rings is 2. The number of amides is 1. The minimum atomic E-state index is -1.15. The highest BCUT2D eigenvalue weighted by Gasteiger charge is 2.20. The van der Waals surface area contributed by atoms with E-state index in [-0.39, 0.29) is 16.9 Å². The van der Waals surface area contributed by atoms with Crippen molar-refractivity contribution in [3.63, 3.8) is 0 Å². The molecular formula is C16H13N3O7. The number of anilines is 1. The molecule has 0 radical (unpaired) electrons. The van der Waals surface area contributed by atoms with Crippen LogP contribution in [0.25, 0.3) is 0 Å². The van der Waals surface area contributed by atoms with E-state index in [0.29, 0.717) is 5.69 Å². The summed E-state index contributed by atoms with van der Waals surface area (Å²) in [5.41, 5.74) is 0.0654. The summed E-state index contributed by atoms with van der Waals surface area (Å²) >= 11 is 0. The van der Waals surface area contributed by atoms with Crippen LogP contribution >= 0.6 is 0 Å². The van der Waals surface area contributed by atoms with E-state index in [4.69, 9.17) is 4.74 Å². The third-order valence-corrected chi connectivity index (χ3v) is 3.31. The maximum Gasteiger partial charge on any atom is 0.338 e. The number of esters is 1. The number of nitrogens with zero attached hydrogens (tertiary/aromatic N) is 2. The van der Waals surface area contributed by atoms with Crippen LogP contribution in [0.15, 0.2) is 48.5 Å². The summed E-state index contributed by atoms with van der Waals surface area (Å²) in [5, 5.41) is 23.6. The molecule has 26 heavy (non-hydrogen) atoms. The van der Waals surface area contributed by atoms with Crippen molar-refractivity contribution in [3.8, 4) is 0 Å². The molecule has 2 rings (SSSR count). The SMILES string of the molecule is CC(OC(=O)c1ccc([N+](=O)[O-])cc1)C(=O)Nc1ccc([N+](=O)[O-])cc1. The molecule has 134 valence electrons. The number of non-ortho nitro benzene ring substituents is 2. The van der Waals surface area contributed by atoms with Gasteiger partial charge < -0.3 is 10.1 Å². The molecule has 1 unspecified atom stereocenters. The van der Waals surface area contributed by atoms with Crippen molar-refractivity contribution in [2.45, 2.75) is 13.0 Å². The van der Waals surface area contributed by atoms with Crippen molar-refractivity contribution in [2.24, 2.45) is 0 Å². The van der Waals surface area contributed by atoms with Crippen LogP contribution in [0, 0.1) is 20.2 Å². The summed E-state index contributed by atoms with van der Waals surface area (Å²) in [4.78, 5) is 44.0. The second-order valence-electron chi connectivity index (χ2n) is 5.14. The monoisotopic (exact) mass is 359 g/mol. The van der Waals surface area contributed by atoms with Gasteiger partial charge in [-0.1, -0.05) is 0 Å². The molecule has 0 bridgehead atoms. The van der Waals surface area contributed by atoms with Crippen molar-refractivity contribution in [2.75, 3.05) is 5.32 Å². The summed E-state index contributed by atoms with van der Waals surface area (Å²) in [6.45, 7) is 1.35. The zero-order chi connectivity index (χ0) is 19.3. The molecule has 1 atom stereocenters. The fourth-order valence-corrected chi connectivity index (χ4v) is 1.91. The van der Waals surface area contributed by atoms with Gasteiger partial charge in [-0.25, -0.2) is 4.79 Å². The third kappa shape index (κ3) is 4.60. The van der Waals surface area contributed by atoms with E-state index in [1.165, 1.54) is 43.3 Å². The summed E-state index contributed by atoms with van der Waals surface area (Å²) < 4.78 is 5.00. The van der Waals surface area contributed by atoms with Crippen molar-refractivity contribution >= 4 is 28.9 Å². The standard InChI is InChI=1S/C16H13N3O7/c1-10(15(20)17-12-4-8-14(9-5-12)19(24)25)26-16(21)11-2-6-13(7-3-11)18(22)23/h2-10H,1H3,(H,17,20). The normalized spacial score (nSPS) is 11.3. The Balaban J connectivity index is 1.96. The molecular weight excluding hydrogens is 346 g/mol. The maximum absolute atomic E-state index is 12.0. The number of nitro groups is 2. The Bertz CT molecular complexity index is 847. The van der Waals surface area contributed by atoms with Crippen LogP contribution in [0.4, 0.5) is 17.1 Å². The van der Waals surface area contributed by atoms with Crippen LogP contribution in [0.5, 0.6) is 0 Å². The summed E-state index contributed by atoms with van der Waals surface area (Å²) in [7, 11) is 0. The number of carbonyl (C=O) groups excluding carboxylic acids is 2. The molecule has 2 aromatic rings. The highest BCUT2D eigenvalue weighted by atomic mass is 16.6. The summed E-state index contributed by atoms with van der Waals surface area (Å²) in [5.74, 6) is -1.44. The molecule has 0 aliphatic heterocycles. The van der Waals surface area contributed by atoms with Gasteiger partial charge in [-0.15, -0.1) is 0 Å². The molecule has 0 spiro atoms. The van der Waals surface area contributed by atoms with Crippen molar-refractivity contribution in [1.29, 1.82) is 0 Å². The van der Waals surface area contributed by atoms with Crippen LogP contribution in [-0.4, -0.2) is 27.8 Å². The van der Waals surface area contributed by atoms with Gasteiger partial charge in [-0.3, -0.25) is 25.0 Å². The van der Waals surface area contributed by atoms with Crippen molar-refractivity contribution in [3.05, 3.63) is 74.3 Å². The Labute approximate surface area is 146 Å². The number of hydrogen-bond donors (Lipinski definition) is 1. The predicted octanol–water partition coefficient (Wildman–Crippen LogP) is 2.69. The van der Waals surface area contributed by atoms with Gasteiger partial charge in [0, 0.05) is 30.0 Å². The molecule has 0 aliphatic carbocycles. The molecule has 1 N–H and O–H groups in total. The number of nitrogens with one attached hydrogen (secondary N) is 1. The van der Waals surface area contributed by atoms with Crippen LogP contribution in [0.3, 0.4) is 0 Å². The van der Waals surface area contributed by atoms with E-state index in [1.807, 2.05) is 0 Å². The minimum Gasteiger partial charge on any atom is -0.449 e. The first-order valence-corrected chi connectivity index (χ1v) is 7.28. The third-order valence-electron chi connectivity index (χ3n) is 3.31. The van der Waals surface area contributed by atoms with E-state index in [0.717, 1.165) is 12.1 Å². The van der Waals surface area contributed by atoms with E-state index in [1.54, 1.807) is 0 Å². The first-order valence-electron chi connectivity index (χ1n) is 7.28. The number of rotatable bonds is 6. The lowest BCUT2D eigenvalue weighted by Crippen LogP contribution is -2.30. The minimum absolute atomic E-state index is 0.0607. The predicted molar refractivity (Wildman–Crippen MR) is 89.7 cm³/mol. The van der Waals surface area contributed by atoms with E-state index in [9.17, 15) is 29.8 Å². The van der Waals surface area contributed by atoms with Gasteiger partial charge in [0.25, 0.3) is 17.3 Å². The lowest BCUT2D eigenvalue weighted by molar-refractivity contribution is -0.385. The molecule has 0 aliphatic rings. The van der Waals surface area contributed by atoms with Gasteiger partial charge in [0.05, 0.1) is 15.4 Å². The average molecular weight is 359 g/mol. The first kappa shape index (κ1) is 18.5. The van der Waals surface area contributed by atoms with Crippen molar-refractivity contribution < 1.29 is 24.2 Å². The number of carbonyl (C=O) groups is 2. The lowest BCUT2D eigenvalue weighted by atomic mass is 10.2. The van der Waals surface area contributed by atoms with E-state index in [2.05, 4.69) is 5.32 Å². The number of nitro benzene ring substituents is 2. The van der Waals surface area contributed by atoms with Crippen LogP contribution in [0.1, 0.15) is 17.3 Å². The summed E-state index contributed by atoms with van der Waals surface area (Å²) in [6.07, 6.45) is -1.15. The topological polar surface area (TPSA) is 142 Å². The second-order valence-corrected chi connectivity index (χ2v) is 5.14. The van der Waals surface area contributed by atoms with E-state index < -0.39 is 27.8 Å². The molecule has 1 amide bonds. The Hall–Kier alpha value is -3.82. The Morgan fingerprint density at radius 2 is 1.38 bits per heavy atom. The van der Waals surface area contributed by atoms with Gasteiger partial charge in [-0.05, 0) is 31.2 Å². The highest BCUT2D eigenvalue weighted by Crippen LogP contribution is 2.16. The van der Waals surface area contributed by atoms with Gasteiger partial charge in [-0.2, -0.15) is 0 Å². The maximum atomic E-state index is 12.0. The Kier molecular flexibility index (Phi) is 5.58. The zero-order valence-corrected chi connectivity index (χ0v) is 13.4. The molecule has 0 aromatic heterocycles. The van der Waals surface area contributed by atoms with E-state index >= 15 is 0 Å².